The summed E-state index contributed by atoms with van der Waals surface area (Å²) in [4.78, 5) is 12.7. The summed E-state index contributed by atoms with van der Waals surface area (Å²) in [5.41, 5.74) is 7.43. The fourth-order valence-electron chi connectivity index (χ4n) is 2.18. The molecule has 4 nitrogen and oxygen atoms in total. The number of nitrogens with zero attached hydrogens (tertiary/aromatic N) is 1. The highest BCUT2D eigenvalue weighted by Crippen LogP contribution is 2.30. The normalized spacial score (nSPS) is 19.7. The zero-order valence-corrected chi connectivity index (χ0v) is 9.44. The van der Waals surface area contributed by atoms with Crippen molar-refractivity contribution in [2.75, 3.05) is 25.0 Å². The third kappa shape index (κ3) is 2.02. The maximum atomic E-state index is 11.2. The zero-order valence-electron chi connectivity index (χ0n) is 9.44. The number of benzene rings is 1. The molecule has 16 heavy (non-hydrogen) atoms. The first-order chi connectivity index (χ1) is 7.70. The molecule has 1 aromatic carbocycles. The minimum atomic E-state index is -0.418. The van der Waals surface area contributed by atoms with E-state index in [1.165, 1.54) is 10.5 Å². The lowest BCUT2D eigenvalue weighted by atomic mass is 9.96. The summed E-state index contributed by atoms with van der Waals surface area (Å²) in [5.74, 6) is 0.484. The predicted octanol–water partition coefficient (Wildman–Crippen LogP) is 1.28. The minimum Gasteiger partial charge on any atom is -0.351 e. The lowest BCUT2D eigenvalue weighted by Gasteiger charge is -2.21. The van der Waals surface area contributed by atoms with Gasteiger partial charge in [-0.3, -0.25) is 4.90 Å². The van der Waals surface area contributed by atoms with Crippen LogP contribution in [-0.2, 0) is 0 Å². The maximum Gasteiger partial charge on any atom is 0.319 e. The molecule has 1 aromatic rings. The third-order valence-corrected chi connectivity index (χ3v) is 3.13. The van der Waals surface area contributed by atoms with Crippen molar-refractivity contribution in [3.63, 3.8) is 0 Å². The summed E-state index contributed by atoms with van der Waals surface area (Å²) in [5, 5.41) is 3.33. The second kappa shape index (κ2) is 4.53. The average Bonchev–Trinajstić information content (AvgIpc) is 2.81. The SMILES string of the molecule is CN(C(N)=O)c1ccccc1C1CCNC1. The van der Waals surface area contributed by atoms with Gasteiger partial charge in [0.2, 0.25) is 0 Å². The van der Waals surface area contributed by atoms with Crippen LogP contribution in [0.15, 0.2) is 24.3 Å². The number of nitrogens with two attached hydrogens (primary N) is 1. The van der Waals surface area contributed by atoms with Crippen molar-refractivity contribution in [1.29, 1.82) is 0 Å². The summed E-state index contributed by atoms with van der Waals surface area (Å²) in [7, 11) is 1.71. The molecule has 2 rings (SSSR count). The second-order valence-electron chi connectivity index (χ2n) is 4.15. The monoisotopic (exact) mass is 219 g/mol. The van der Waals surface area contributed by atoms with Crippen LogP contribution in [0.3, 0.4) is 0 Å². The molecule has 86 valence electrons. The molecule has 0 spiro atoms. The number of primary amides is 1. The first-order valence-corrected chi connectivity index (χ1v) is 5.53. The Hall–Kier alpha value is -1.55. The van der Waals surface area contributed by atoms with Crippen LogP contribution < -0.4 is 16.0 Å². The molecule has 0 aliphatic carbocycles. The van der Waals surface area contributed by atoms with E-state index in [4.69, 9.17) is 5.73 Å². The van der Waals surface area contributed by atoms with Gasteiger partial charge in [-0.25, -0.2) is 4.79 Å². The molecule has 0 radical (unpaired) electrons. The number of carbonyl (C=O) groups is 1. The van der Waals surface area contributed by atoms with Crippen LogP contribution in [0, 0.1) is 0 Å². The molecule has 4 heteroatoms. The van der Waals surface area contributed by atoms with E-state index >= 15 is 0 Å². The number of urea groups is 1. The van der Waals surface area contributed by atoms with Crippen molar-refractivity contribution >= 4 is 11.7 Å². The standard InChI is InChI=1S/C12H17N3O/c1-15(12(13)16)11-5-3-2-4-10(11)9-6-7-14-8-9/h2-5,9,14H,6-8H2,1H3,(H2,13,16). The topological polar surface area (TPSA) is 58.4 Å². The molecule has 1 aliphatic rings. The highest BCUT2D eigenvalue weighted by molar-refractivity contribution is 5.91. The van der Waals surface area contributed by atoms with E-state index in [1.54, 1.807) is 7.05 Å². The zero-order chi connectivity index (χ0) is 11.5. The van der Waals surface area contributed by atoms with E-state index in [-0.39, 0.29) is 0 Å². The smallest absolute Gasteiger partial charge is 0.319 e. The third-order valence-electron chi connectivity index (χ3n) is 3.13. The number of hydrogen-bond acceptors (Lipinski definition) is 2. The Morgan fingerprint density at radius 3 is 2.88 bits per heavy atom. The van der Waals surface area contributed by atoms with E-state index in [2.05, 4.69) is 11.4 Å². The van der Waals surface area contributed by atoms with Gasteiger partial charge < -0.3 is 11.1 Å². The van der Waals surface area contributed by atoms with E-state index in [9.17, 15) is 4.79 Å². The number of hydrogen-bond donors (Lipinski definition) is 2. The molecule has 1 aliphatic heterocycles. The Bertz CT molecular complexity index is 386. The van der Waals surface area contributed by atoms with Gasteiger partial charge in [-0.1, -0.05) is 18.2 Å². The summed E-state index contributed by atoms with van der Waals surface area (Å²) >= 11 is 0. The van der Waals surface area contributed by atoms with Gasteiger partial charge in [-0.2, -0.15) is 0 Å². The maximum absolute atomic E-state index is 11.2. The summed E-state index contributed by atoms with van der Waals surface area (Å²) in [6, 6.07) is 7.54. The number of rotatable bonds is 2. The Morgan fingerprint density at radius 1 is 1.50 bits per heavy atom. The summed E-state index contributed by atoms with van der Waals surface area (Å²) in [6.07, 6.45) is 1.11. The molecule has 3 N–H and O–H groups in total. The van der Waals surface area contributed by atoms with Crippen molar-refractivity contribution in [1.82, 2.24) is 5.32 Å². The molecule has 1 unspecified atom stereocenters. The fourth-order valence-corrected chi connectivity index (χ4v) is 2.18. The quantitative estimate of drug-likeness (QED) is 0.787. The number of para-hydroxylation sites is 1. The van der Waals surface area contributed by atoms with Gasteiger partial charge in [-0.05, 0) is 30.5 Å². The van der Waals surface area contributed by atoms with E-state index in [1.807, 2.05) is 18.2 Å². The highest BCUT2D eigenvalue weighted by atomic mass is 16.2. The van der Waals surface area contributed by atoms with Gasteiger partial charge in [0.1, 0.15) is 0 Å². The van der Waals surface area contributed by atoms with E-state index in [0.29, 0.717) is 5.92 Å². The van der Waals surface area contributed by atoms with Crippen molar-refractivity contribution in [3.8, 4) is 0 Å². The van der Waals surface area contributed by atoms with E-state index < -0.39 is 6.03 Å². The summed E-state index contributed by atoms with van der Waals surface area (Å²) in [6.45, 7) is 2.02. The van der Waals surface area contributed by atoms with Crippen molar-refractivity contribution in [2.45, 2.75) is 12.3 Å². The molecule has 0 saturated carbocycles. The number of carbonyl (C=O) groups excluding carboxylic acids is 1. The molecule has 1 atom stereocenters. The van der Waals surface area contributed by atoms with Gasteiger partial charge in [0, 0.05) is 19.3 Å². The van der Waals surface area contributed by atoms with Gasteiger partial charge in [-0.15, -0.1) is 0 Å². The van der Waals surface area contributed by atoms with Crippen LogP contribution in [0.25, 0.3) is 0 Å². The summed E-state index contributed by atoms with van der Waals surface area (Å²) < 4.78 is 0. The largest absolute Gasteiger partial charge is 0.351 e. The second-order valence-corrected chi connectivity index (χ2v) is 4.15. The van der Waals surface area contributed by atoms with Crippen molar-refractivity contribution in [3.05, 3.63) is 29.8 Å². The molecular weight excluding hydrogens is 202 g/mol. The minimum absolute atomic E-state index is 0.418. The van der Waals surface area contributed by atoms with Crippen molar-refractivity contribution < 1.29 is 4.79 Å². The molecular formula is C12H17N3O. The Labute approximate surface area is 95.4 Å². The Kier molecular flexibility index (Phi) is 3.10. The van der Waals surface area contributed by atoms with E-state index in [0.717, 1.165) is 25.2 Å². The van der Waals surface area contributed by atoms with Crippen LogP contribution in [0.1, 0.15) is 17.9 Å². The van der Waals surface area contributed by atoms with Gasteiger partial charge in [0.25, 0.3) is 0 Å². The Morgan fingerprint density at radius 2 is 2.25 bits per heavy atom. The first-order valence-electron chi connectivity index (χ1n) is 5.53. The number of anilines is 1. The lowest BCUT2D eigenvalue weighted by Crippen LogP contribution is -2.32. The van der Waals surface area contributed by atoms with Crippen LogP contribution in [0.4, 0.5) is 10.5 Å². The fraction of sp³-hybridized carbons (Fsp3) is 0.417. The molecule has 1 heterocycles. The van der Waals surface area contributed by atoms with Crippen molar-refractivity contribution in [2.24, 2.45) is 5.73 Å². The van der Waals surface area contributed by atoms with Gasteiger partial charge in [0.05, 0.1) is 0 Å². The molecule has 2 amide bonds. The molecule has 1 fully saturated rings. The van der Waals surface area contributed by atoms with Gasteiger partial charge >= 0.3 is 6.03 Å². The number of amides is 2. The molecule has 0 aromatic heterocycles. The van der Waals surface area contributed by atoms with Crippen LogP contribution in [0.5, 0.6) is 0 Å². The lowest BCUT2D eigenvalue weighted by molar-refractivity contribution is 0.255. The molecule has 1 saturated heterocycles. The Balaban J connectivity index is 2.33. The molecule has 0 bridgehead atoms. The van der Waals surface area contributed by atoms with Crippen LogP contribution >= 0.6 is 0 Å². The van der Waals surface area contributed by atoms with Crippen LogP contribution in [0.2, 0.25) is 0 Å². The van der Waals surface area contributed by atoms with Gasteiger partial charge in [0.15, 0.2) is 0 Å². The average molecular weight is 219 g/mol. The highest BCUT2D eigenvalue weighted by Gasteiger charge is 2.21. The predicted molar refractivity (Wildman–Crippen MR) is 64.7 cm³/mol. The number of nitrogens with one attached hydrogen (secondary N) is 1. The van der Waals surface area contributed by atoms with Crippen LogP contribution in [-0.4, -0.2) is 26.2 Å². The first kappa shape index (κ1) is 11.0.